The number of thioether (sulfide) groups is 1. The number of methoxy groups -OCH3 is 1. The minimum absolute atomic E-state index is 0.746. The highest BCUT2D eigenvalue weighted by Gasteiger charge is 2.08. The van der Waals surface area contributed by atoms with E-state index in [0.29, 0.717) is 0 Å². The molecular formula is C14H12ClN3OS3. The maximum atomic E-state index is 5.93. The summed E-state index contributed by atoms with van der Waals surface area (Å²) in [6.45, 7) is 0. The summed E-state index contributed by atoms with van der Waals surface area (Å²) in [5.74, 6) is 1.63. The van der Waals surface area contributed by atoms with Crippen molar-refractivity contribution in [3.63, 3.8) is 0 Å². The van der Waals surface area contributed by atoms with Gasteiger partial charge in [-0.15, -0.1) is 21.5 Å². The lowest BCUT2D eigenvalue weighted by atomic mass is 10.3. The van der Waals surface area contributed by atoms with Crippen LogP contribution in [-0.4, -0.2) is 17.3 Å². The molecule has 0 unspecified atom stereocenters. The van der Waals surface area contributed by atoms with Crippen LogP contribution >= 0.6 is 46.0 Å². The Morgan fingerprint density at radius 1 is 1.18 bits per heavy atom. The molecule has 3 aromatic rings. The van der Waals surface area contributed by atoms with E-state index in [-0.39, 0.29) is 0 Å². The van der Waals surface area contributed by atoms with Crippen molar-refractivity contribution in [2.24, 2.45) is 0 Å². The highest BCUT2D eigenvalue weighted by molar-refractivity contribution is 8.00. The molecule has 0 fully saturated rings. The number of aromatic nitrogens is 2. The number of nitrogens with zero attached hydrogens (tertiary/aromatic N) is 2. The Balaban J connectivity index is 1.63. The Morgan fingerprint density at radius 3 is 2.82 bits per heavy atom. The number of hydrogen-bond acceptors (Lipinski definition) is 7. The molecule has 3 rings (SSSR count). The summed E-state index contributed by atoms with van der Waals surface area (Å²) in [4.78, 5) is 1.23. The van der Waals surface area contributed by atoms with Crippen LogP contribution in [0.2, 0.25) is 4.34 Å². The number of benzene rings is 1. The molecule has 4 nitrogen and oxygen atoms in total. The van der Waals surface area contributed by atoms with Crippen molar-refractivity contribution < 1.29 is 4.74 Å². The zero-order valence-corrected chi connectivity index (χ0v) is 14.8. The quantitative estimate of drug-likeness (QED) is 0.597. The molecule has 1 aromatic carbocycles. The molecule has 1 N–H and O–H groups in total. The lowest BCUT2D eigenvalue weighted by Crippen LogP contribution is -1.93. The SMILES string of the molecule is COc1ccccc1Nc1nnc(SCc2ccc(Cl)s2)s1. The highest BCUT2D eigenvalue weighted by atomic mass is 35.5. The van der Waals surface area contributed by atoms with Gasteiger partial charge >= 0.3 is 0 Å². The highest BCUT2D eigenvalue weighted by Crippen LogP contribution is 2.34. The minimum atomic E-state index is 0.746. The third kappa shape index (κ3) is 3.92. The lowest BCUT2D eigenvalue weighted by Gasteiger charge is -2.07. The molecule has 0 saturated carbocycles. The molecule has 0 saturated heterocycles. The lowest BCUT2D eigenvalue weighted by molar-refractivity contribution is 0.417. The molecule has 0 atom stereocenters. The zero-order chi connectivity index (χ0) is 15.4. The summed E-state index contributed by atoms with van der Waals surface area (Å²) in [5.41, 5.74) is 0.878. The average Bonchev–Trinajstić information content (AvgIpc) is 3.15. The minimum Gasteiger partial charge on any atom is -0.495 e. The molecule has 0 amide bonds. The molecule has 0 spiro atoms. The number of para-hydroxylation sites is 2. The van der Waals surface area contributed by atoms with Crippen LogP contribution in [0, 0.1) is 0 Å². The molecule has 0 bridgehead atoms. The molecule has 2 heterocycles. The van der Waals surface area contributed by atoms with Gasteiger partial charge in [-0.05, 0) is 24.3 Å². The molecule has 0 aliphatic rings. The normalized spacial score (nSPS) is 10.6. The summed E-state index contributed by atoms with van der Waals surface area (Å²) in [7, 11) is 1.65. The van der Waals surface area contributed by atoms with Crippen molar-refractivity contribution >= 4 is 56.9 Å². The van der Waals surface area contributed by atoms with Gasteiger partial charge in [0, 0.05) is 10.6 Å². The van der Waals surface area contributed by atoms with Gasteiger partial charge in [0.15, 0.2) is 4.34 Å². The van der Waals surface area contributed by atoms with Crippen molar-refractivity contribution in [2.45, 2.75) is 10.1 Å². The summed E-state index contributed by atoms with van der Waals surface area (Å²) in [6, 6.07) is 11.7. The van der Waals surface area contributed by atoms with Crippen molar-refractivity contribution in [3.8, 4) is 5.75 Å². The fraction of sp³-hybridized carbons (Fsp3) is 0.143. The Labute approximate surface area is 145 Å². The van der Waals surface area contributed by atoms with Crippen LogP contribution in [0.1, 0.15) is 4.88 Å². The average molecular weight is 370 g/mol. The van der Waals surface area contributed by atoms with Crippen LogP contribution < -0.4 is 10.1 Å². The van der Waals surface area contributed by atoms with E-state index in [1.165, 1.54) is 16.2 Å². The first-order chi connectivity index (χ1) is 10.7. The first kappa shape index (κ1) is 15.6. The second kappa shape index (κ2) is 7.32. The third-order valence-corrected chi connectivity index (χ3v) is 6.16. The summed E-state index contributed by atoms with van der Waals surface area (Å²) >= 11 is 10.7. The Kier molecular flexibility index (Phi) is 5.20. The molecule has 22 heavy (non-hydrogen) atoms. The molecule has 114 valence electrons. The van der Waals surface area contributed by atoms with Crippen LogP contribution in [0.3, 0.4) is 0 Å². The van der Waals surface area contributed by atoms with Crippen LogP contribution in [0.15, 0.2) is 40.7 Å². The summed E-state index contributed by atoms with van der Waals surface area (Å²) in [5, 5.41) is 12.3. The second-order valence-electron chi connectivity index (χ2n) is 4.19. The van der Waals surface area contributed by atoms with Crippen molar-refractivity contribution in [2.75, 3.05) is 12.4 Å². The van der Waals surface area contributed by atoms with Crippen LogP contribution in [-0.2, 0) is 5.75 Å². The number of thiophene rings is 1. The van der Waals surface area contributed by atoms with E-state index >= 15 is 0 Å². The molecule has 0 aliphatic heterocycles. The number of hydrogen-bond donors (Lipinski definition) is 1. The van der Waals surface area contributed by atoms with E-state index in [9.17, 15) is 0 Å². The predicted octanol–water partition coefficient (Wildman–Crippen LogP) is 5.30. The molecule has 8 heteroatoms. The van der Waals surface area contributed by atoms with Gasteiger partial charge in [0.05, 0.1) is 17.1 Å². The molecular weight excluding hydrogens is 358 g/mol. The first-order valence-corrected chi connectivity index (χ1v) is 9.35. The molecule has 0 radical (unpaired) electrons. The summed E-state index contributed by atoms with van der Waals surface area (Å²) < 4.78 is 7.04. The maximum Gasteiger partial charge on any atom is 0.210 e. The van der Waals surface area contributed by atoms with E-state index < -0.39 is 0 Å². The van der Waals surface area contributed by atoms with E-state index in [2.05, 4.69) is 15.5 Å². The van der Waals surface area contributed by atoms with Crippen molar-refractivity contribution in [1.29, 1.82) is 0 Å². The number of nitrogens with one attached hydrogen (secondary N) is 1. The van der Waals surface area contributed by atoms with Gasteiger partial charge in [-0.1, -0.05) is 46.8 Å². The smallest absolute Gasteiger partial charge is 0.210 e. The van der Waals surface area contributed by atoms with E-state index in [4.69, 9.17) is 16.3 Å². The standard InChI is InChI=1S/C14H12ClN3OS3/c1-19-11-5-3-2-4-10(11)16-13-17-18-14(22-13)20-8-9-6-7-12(15)21-9/h2-7H,8H2,1H3,(H,16,17). The van der Waals surface area contributed by atoms with Gasteiger partial charge in [-0.3, -0.25) is 0 Å². The Bertz CT molecular complexity index is 759. The summed E-state index contributed by atoms with van der Waals surface area (Å²) in [6.07, 6.45) is 0. The third-order valence-electron chi connectivity index (χ3n) is 2.72. The van der Waals surface area contributed by atoms with E-state index in [1.807, 2.05) is 36.4 Å². The van der Waals surface area contributed by atoms with Gasteiger partial charge in [0.2, 0.25) is 5.13 Å². The topological polar surface area (TPSA) is 47.0 Å². The number of halogens is 1. The molecule has 2 aromatic heterocycles. The van der Waals surface area contributed by atoms with Crippen LogP contribution in [0.5, 0.6) is 5.75 Å². The zero-order valence-electron chi connectivity index (χ0n) is 11.6. The molecule has 0 aliphatic carbocycles. The van der Waals surface area contributed by atoms with Gasteiger partial charge < -0.3 is 10.1 Å². The van der Waals surface area contributed by atoms with E-state index in [0.717, 1.165) is 31.0 Å². The number of anilines is 2. The number of ether oxygens (including phenoxy) is 1. The van der Waals surface area contributed by atoms with Crippen molar-refractivity contribution in [1.82, 2.24) is 10.2 Å². The Hall–Kier alpha value is -1.28. The Morgan fingerprint density at radius 2 is 2.05 bits per heavy atom. The van der Waals surface area contributed by atoms with Gasteiger partial charge in [-0.2, -0.15) is 0 Å². The van der Waals surface area contributed by atoms with Crippen molar-refractivity contribution in [3.05, 3.63) is 45.6 Å². The van der Waals surface area contributed by atoms with E-state index in [1.54, 1.807) is 30.2 Å². The van der Waals surface area contributed by atoms with Crippen LogP contribution in [0.4, 0.5) is 10.8 Å². The maximum absolute atomic E-state index is 5.93. The monoisotopic (exact) mass is 369 g/mol. The second-order valence-corrected chi connectivity index (χ2v) is 8.19. The fourth-order valence-corrected chi connectivity index (χ4v) is 4.64. The first-order valence-electron chi connectivity index (χ1n) is 6.35. The fourth-order valence-electron chi connectivity index (χ4n) is 1.74. The van der Waals surface area contributed by atoms with Gasteiger partial charge in [-0.25, -0.2) is 0 Å². The largest absolute Gasteiger partial charge is 0.495 e. The van der Waals surface area contributed by atoms with Gasteiger partial charge in [0.1, 0.15) is 5.75 Å². The van der Waals surface area contributed by atoms with Gasteiger partial charge in [0.25, 0.3) is 0 Å². The number of rotatable bonds is 6. The van der Waals surface area contributed by atoms with Crippen LogP contribution in [0.25, 0.3) is 0 Å². The predicted molar refractivity (Wildman–Crippen MR) is 95.1 cm³/mol.